The minimum atomic E-state index is -4.94. The van der Waals surface area contributed by atoms with Crippen molar-refractivity contribution < 1.29 is 50.6 Å². The second-order valence-electron chi connectivity index (χ2n) is 11.3. The molecule has 0 radical (unpaired) electrons. The number of carbonyl (C=O) groups excluding carboxylic acids is 2. The van der Waals surface area contributed by atoms with E-state index in [0.717, 1.165) is 27.4 Å². The topological polar surface area (TPSA) is 100 Å². The summed E-state index contributed by atoms with van der Waals surface area (Å²) in [6.07, 6.45) is -8.70. The van der Waals surface area contributed by atoms with Crippen LogP contribution in [-0.4, -0.2) is 61.9 Å². The molecule has 1 aromatic carbocycles. The number of halogens is 7. The molecule has 1 fully saturated rings. The highest BCUT2D eigenvalue weighted by molar-refractivity contribution is 7.10. The quantitative estimate of drug-likeness (QED) is 0.264. The number of rotatable bonds is 7. The summed E-state index contributed by atoms with van der Waals surface area (Å²) in [6.45, 7) is 1.36. The van der Waals surface area contributed by atoms with Crippen LogP contribution in [0.15, 0.2) is 48.0 Å². The molecular formula is C31H28ClF6N3O5S. The van der Waals surface area contributed by atoms with Crippen molar-refractivity contribution in [3.8, 4) is 5.75 Å². The van der Waals surface area contributed by atoms with Crippen molar-refractivity contribution in [1.82, 2.24) is 14.8 Å². The first kappa shape index (κ1) is 34.5. The van der Waals surface area contributed by atoms with E-state index in [1.165, 1.54) is 0 Å². The number of nitrogens with zero attached hydrogens (tertiary/aromatic N) is 3. The highest BCUT2D eigenvalue weighted by Gasteiger charge is 2.57. The Morgan fingerprint density at radius 1 is 1.09 bits per heavy atom. The van der Waals surface area contributed by atoms with Gasteiger partial charge in [0.15, 0.2) is 0 Å². The maximum atomic E-state index is 14.8. The number of benzene rings is 1. The van der Waals surface area contributed by atoms with Gasteiger partial charge in [-0.15, -0.1) is 11.3 Å². The number of ether oxygens (including phenoxy) is 1. The maximum absolute atomic E-state index is 14.8. The third-order valence-corrected chi connectivity index (χ3v) is 9.55. The van der Waals surface area contributed by atoms with Gasteiger partial charge in [-0.2, -0.15) is 26.3 Å². The molecule has 2 aliphatic rings. The van der Waals surface area contributed by atoms with Gasteiger partial charge in [0.25, 0.3) is 11.8 Å². The summed E-state index contributed by atoms with van der Waals surface area (Å²) in [4.78, 5) is 46.1. The first-order valence-corrected chi connectivity index (χ1v) is 15.8. The van der Waals surface area contributed by atoms with Crippen LogP contribution in [0.2, 0.25) is 5.02 Å². The number of carbonyl (C=O) groups is 3. The Morgan fingerprint density at radius 2 is 1.83 bits per heavy atom. The smallest absolute Gasteiger partial charge is 0.425 e. The molecule has 3 aromatic rings. The van der Waals surface area contributed by atoms with Gasteiger partial charge in [0.05, 0.1) is 11.6 Å². The van der Waals surface area contributed by atoms with Crippen molar-refractivity contribution in [2.45, 2.75) is 75.6 Å². The third-order valence-electron chi connectivity index (χ3n) is 8.36. The molecule has 0 aliphatic carbocycles. The van der Waals surface area contributed by atoms with Gasteiger partial charge in [-0.1, -0.05) is 31.0 Å². The standard InChI is InChI=1S/C31H28ClF6N3O5S/c1-2-5-23-29(46-20-14-24(47-16-20)31(36,37)38,9-4-11-40(23)26(42)25-21(30(33,34)35)6-3-10-39-25)28(45)41-15-17-7-8-19(32)12-18(17)13-22(41)27(43)44/h3,6-8,10,12,14,16,22-23H,2,4-5,9,11,13,15H2,1H3,(H,43,44)/t22-,23-,29+/m1/s1. The van der Waals surface area contributed by atoms with Crippen LogP contribution in [0, 0.1) is 0 Å². The fourth-order valence-electron chi connectivity index (χ4n) is 6.30. The third kappa shape index (κ3) is 6.77. The number of amides is 2. The van der Waals surface area contributed by atoms with Crippen molar-refractivity contribution in [2.75, 3.05) is 6.54 Å². The normalized spacial score (nSPS) is 21.7. The van der Waals surface area contributed by atoms with E-state index in [-0.39, 0.29) is 50.9 Å². The van der Waals surface area contributed by atoms with Crippen LogP contribution in [0.1, 0.15) is 64.7 Å². The van der Waals surface area contributed by atoms with Gasteiger partial charge in [0.1, 0.15) is 22.4 Å². The fourth-order valence-corrected chi connectivity index (χ4v) is 7.18. The van der Waals surface area contributed by atoms with E-state index < -0.39 is 64.0 Å². The minimum Gasteiger partial charge on any atom is -0.480 e. The molecule has 5 rings (SSSR count). The lowest BCUT2D eigenvalue weighted by atomic mass is 9.79. The summed E-state index contributed by atoms with van der Waals surface area (Å²) >= 11 is 6.44. The molecule has 2 aromatic heterocycles. The summed E-state index contributed by atoms with van der Waals surface area (Å²) in [5.41, 5.74) is -3.22. The first-order chi connectivity index (χ1) is 22.1. The Morgan fingerprint density at radius 3 is 2.47 bits per heavy atom. The van der Waals surface area contributed by atoms with Crippen LogP contribution in [0.3, 0.4) is 0 Å². The van der Waals surface area contributed by atoms with Crippen molar-refractivity contribution in [3.63, 3.8) is 0 Å². The molecular weight excluding hydrogens is 676 g/mol. The van der Waals surface area contributed by atoms with Crippen molar-refractivity contribution in [2.24, 2.45) is 0 Å². The first-order valence-electron chi connectivity index (χ1n) is 14.6. The number of likely N-dealkylation sites (tertiary alicyclic amines) is 1. The predicted octanol–water partition coefficient (Wildman–Crippen LogP) is 7.09. The molecule has 2 aliphatic heterocycles. The van der Waals surface area contributed by atoms with Gasteiger partial charge in [-0.25, -0.2) is 4.79 Å². The number of alkyl halides is 6. The number of aromatic nitrogens is 1. The lowest BCUT2D eigenvalue weighted by Gasteiger charge is -2.51. The van der Waals surface area contributed by atoms with Gasteiger partial charge in [0, 0.05) is 48.6 Å². The van der Waals surface area contributed by atoms with Crippen molar-refractivity contribution in [1.29, 1.82) is 0 Å². The Balaban J connectivity index is 1.65. The van der Waals surface area contributed by atoms with Crippen LogP contribution in [0.5, 0.6) is 5.75 Å². The Labute approximate surface area is 273 Å². The van der Waals surface area contributed by atoms with E-state index in [1.54, 1.807) is 25.1 Å². The van der Waals surface area contributed by atoms with E-state index >= 15 is 0 Å². The molecule has 2 amide bonds. The number of thiophene rings is 1. The zero-order chi connectivity index (χ0) is 34.3. The van der Waals surface area contributed by atoms with Crippen LogP contribution < -0.4 is 4.74 Å². The Kier molecular flexibility index (Phi) is 9.52. The zero-order valence-electron chi connectivity index (χ0n) is 24.7. The summed E-state index contributed by atoms with van der Waals surface area (Å²) < 4.78 is 88.8. The Hall–Kier alpha value is -3.85. The molecule has 252 valence electrons. The van der Waals surface area contributed by atoms with Crippen molar-refractivity contribution in [3.05, 3.63) is 80.3 Å². The summed E-state index contributed by atoms with van der Waals surface area (Å²) in [5.74, 6) is -3.78. The molecule has 8 nitrogen and oxygen atoms in total. The van der Waals surface area contributed by atoms with Crippen LogP contribution in [0.4, 0.5) is 26.3 Å². The molecule has 3 atom stereocenters. The average molecular weight is 704 g/mol. The van der Waals surface area contributed by atoms with Gasteiger partial charge >= 0.3 is 18.3 Å². The highest BCUT2D eigenvalue weighted by atomic mass is 35.5. The second-order valence-corrected chi connectivity index (χ2v) is 12.7. The van der Waals surface area contributed by atoms with Gasteiger partial charge < -0.3 is 19.6 Å². The largest absolute Gasteiger partial charge is 0.480 e. The second kappa shape index (κ2) is 13.0. The zero-order valence-corrected chi connectivity index (χ0v) is 26.3. The maximum Gasteiger partial charge on any atom is 0.425 e. The molecule has 1 saturated heterocycles. The van der Waals surface area contributed by atoms with Gasteiger partial charge in [-0.05, 0) is 48.2 Å². The summed E-state index contributed by atoms with van der Waals surface area (Å²) in [6, 6.07) is 4.45. The fraction of sp³-hybridized carbons (Fsp3) is 0.419. The number of carboxylic acid groups (broad SMARTS) is 1. The molecule has 0 bridgehead atoms. The predicted molar refractivity (Wildman–Crippen MR) is 158 cm³/mol. The van der Waals surface area contributed by atoms with E-state index in [0.29, 0.717) is 39.6 Å². The molecule has 16 heteroatoms. The minimum absolute atomic E-state index is 0.0000822. The molecule has 0 unspecified atom stereocenters. The lowest BCUT2D eigenvalue weighted by Crippen LogP contribution is -2.69. The van der Waals surface area contributed by atoms with Crippen LogP contribution in [0.25, 0.3) is 0 Å². The number of carboxylic acids is 1. The lowest BCUT2D eigenvalue weighted by molar-refractivity contribution is -0.168. The highest BCUT2D eigenvalue weighted by Crippen LogP contribution is 2.43. The van der Waals surface area contributed by atoms with E-state index in [9.17, 15) is 45.8 Å². The van der Waals surface area contributed by atoms with E-state index in [1.807, 2.05) is 0 Å². The van der Waals surface area contributed by atoms with E-state index in [4.69, 9.17) is 16.3 Å². The number of piperidine rings is 1. The average Bonchev–Trinajstić information content (AvgIpc) is 3.49. The molecule has 0 saturated carbocycles. The monoisotopic (exact) mass is 703 g/mol. The SMILES string of the molecule is CCC[C@H]1N(C(=O)c2ncccc2C(F)(F)F)CCC[C@@]1(Oc1csc(C(F)(F)F)c1)C(=O)N1Cc2ccc(Cl)cc2C[C@@H]1C(=O)O. The molecule has 0 spiro atoms. The number of hydrogen-bond donors (Lipinski definition) is 1. The van der Waals surface area contributed by atoms with Crippen LogP contribution >= 0.6 is 22.9 Å². The number of pyridine rings is 1. The summed E-state index contributed by atoms with van der Waals surface area (Å²) in [7, 11) is 0. The molecule has 47 heavy (non-hydrogen) atoms. The Bertz CT molecular complexity index is 1680. The van der Waals surface area contributed by atoms with Crippen LogP contribution in [-0.2, 0) is 34.9 Å². The number of fused-ring (bicyclic) bond motifs is 1. The summed E-state index contributed by atoms with van der Waals surface area (Å²) in [5, 5.41) is 11.6. The number of hydrogen-bond acceptors (Lipinski definition) is 6. The van der Waals surface area contributed by atoms with E-state index in [2.05, 4.69) is 4.98 Å². The van der Waals surface area contributed by atoms with Gasteiger partial charge in [0.2, 0.25) is 5.60 Å². The molecule has 1 N–H and O–H groups in total. The number of aliphatic carboxylic acids is 1. The van der Waals surface area contributed by atoms with Gasteiger partial charge in [-0.3, -0.25) is 14.6 Å². The molecule has 4 heterocycles. The van der Waals surface area contributed by atoms with Crippen molar-refractivity contribution >= 4 is 40.7 Å².